The normalized spacial score (nSPS) is 22.2. The van der Waals surface area contributed by atoms with Crippen molar-refractivity contribution in [3.63, 3.8) is 0 Å². The van der Waals surface area contributed by atoms with Crippen molar-refractivity contribution >= 4 is 5.57 Å². The van der Waals surface area contributed by atoms with Gasteiger partial charge in [0.05, 0.1) is 0 Å². The molecule has 1 aromatic carbocycles. The number of nitrogens with zero attached hydrogens (tertiary/aromatic N) is 1. The van der Waals surface area contributed by atoms with E-state index in [1.54, 1.807) is 6.08 Å². The molecule has 2 N–H and O–H groups in total. The lowest BCUT2D eigenvalue weighted by atomic mass is 9.83. The first-order chi connectivity index (χ1) is 16.2. The van der Waals surface area contributed by atoms with Crippen LogP contribution in [-0.2, 0) is 0 Å². The lowest BCUT2D eigenvalue weighted by Crippen LogP contribution is -2.46. The maximum absolute atomic E-state index is 10.0. The highest BCUT2D eigenvalue weighted by atomic mass is 16.3. The maximum atomic E-state index is 10.0. The van der Waals surface area contributed by atoms with Gasteiger partial charge in [-0.1, -0.05) is 54.6 Å². The Balaban J connectivity index is 1.51. The molecule has 2 fully saturated rings. The molecule has 0 atom stereocenters. The second-order valence-corrected chi connectivity index (χ2v) is 9.68. The van der Waals surface area contributed by atoms with Gasteiger partial charge in [-0.2, -0.15) is 0 Å². The Morgan fingerprint density at radius 2 is 1.73 bits per heavy atom. The van der Waals surface area contributed by atoms with E-state index in [1.807, 2.05) is 12.2 Å². The Morgan fingerprint density at radius 3 is 2.42 bits per heavy atom. The monoisotopic (exact) mass is 441 g/mol. The molecule has 4 aliphatic rings. The minimum atomic E-state index is 0.184. The van der Waals surface area contributed by atoms with Crippen molar-refractivity contribution in [3.8, 4) is 0 Å². The van der Waals surface area contributed by atoms with E-state index >= 15 is 0 Å². The molecule has 1 saturated carbocycles. The van der Waals surface area contributed by atoms with Crippen LogP contribution in [0.15, 0.2) is 89.3 Å². The van der Waals surface area contributed by atoms with Gasteiger partial charge in [0, 0.05) is 31.7 Å². The Labute approximate surface area is 197 Å². The van der Waals surface area contributed by atoms with Gasteiger partial charge >= 0.3 is 0 Å². The molecule has 1 heterocycles. The van der Waals surface area contributed by atoms with Crippen molar-refractivity contribution in [1.29, 1.82) is 0 Å². The number of hydrogen-bond donors (Lipinski definition) is 2. The average molecular weight is 442 g/mol. The molecule has 3 heteroatoms. The quantitative estimate of drug-likeness (QED) is 0.492. The van der Waals surface area contributed by atoms with Crippen molar-refractivity contribution in [2.75, 3.05) is 19.7 Å². The maximum Gasteiger partial charge on any atom is 0.111 e. The predicted octanol–water partition coefficient (Wildman–Crippen LogP) is 6.38. The van der Waals surface area contributed by atoms with Crippen LogP contribution < -0.4 is 0 Å². The Hall–Kier alpha value is -2.62. The molecule has 33 heavy (non-hydrogen) atoms. The van der Waals surface area contributed by atoms with E-state index in [9.17, 15) is 10.2 Å². The third-order valence-electron chi connectivity index (χ3n) is 7.26. The predicted molar refractivity (Wildman–Crippen MR) is 136 cm³/mol. The van der Waals surface area contributed by atoms with E-state index in [2.05, 4.69) is 53.5 Å². The first kappa shape index (κ1) is 22.2. The highest BCUT2D eigenvalue weighted by Crippen LogP contribution is 2.39. The van der Waals surface area contributed by atoms with Crippen LogP contribution in [0.3, 0.4) is 0 Å². The van der Waals surface area contributed by atoms with Crippen LogP contribution >= 0.6 is 0 Å². The van der Waals surface area contributed by atoms with Gasteiger partial charge in [-0.25, -0.2) is 0 Å². The summed E-state index contributed by atoms with van der Waals surface area (Å²) in [5.41, 5.74) is 7.56. The molecule has 0 amide bonds. The molecule has 1 aliphatic heterocycles. The minimum absolute atomic E-state index is 0.184. The molecule has 0 bridgehead atoms. The minimum Gasteiger partial charge on any atom is -0.508 e. The molecule has 0 aromatic heterocycles. The van der Waals surface area contributed by atoms with Crippen LogP contribution in [0.5, 0.6) is 0 Å². The van der Waals surface area contributed by atoms with Gasteiger partial charge < -0.3 is 10.2 Å². The second kappa shape index (κ2) is 10.1. The van der Waals surface area contributed by atoms with Gasteiger partial charge in [0.25, 0.3) is 0 Å². The van der Waals surface area contributed by atoms with E-state index in [4.69, 9.17) is 0 Å². The smallest absolute Gasteiger partial charge is 0.111 e. The van der Waals surface area contributed by atoms with E-state index in [-0.39, 0.29) is 6.61 Å². The fourth-order valence-electron chi connectivity index (χ4n) is 5.21. The van der Waals surface area contributed by atoms with Crippen LogP contribution in [0.1, 0.15) is 62.0 Å². The molecule has 1 saturated heterocycles. The zero-order valence-corrected chi connectivity index (χ0v) is 19.4. The Morgan fingerprint density at radius 1 is 0.909 bits per heavy atom. The molecular weight excluding hydrogens is 406 g/mol. The number of aliphatic hydroxyl groups excluding tert-OH is 2. The number of rotatable bonds is 8. The SMILES string of the molecule is OCCC/C(C1=CCCC=C1)=C(\C1=CCC=C(O)C=C1)c1ccc(C2CN(C3CC3)C2)cc1. The van der Waals surface area contributed by atoms with Gasteiger partial charge in [0.15, 0.2) is 0 Å². The van der Waals surface area contributed by atoms with E-state index in [0.717, 1.165) is 37.3 Å². The molecule has 172 valence electrons. The summed E-state index contributed by atoms with van der Waals surface area (Å²) in [5, 5.41) is 19.7. The first-order valence-corrected chi connectivity index (χ1v) is 12.6. The van der Waals surface area contributed by atoms with Crippen LogP contribution in [0.2, 0.25) is 0 Å². The highest BCUT2D eigenvalue weighted by molar-refractivity contribution is 5.87. The van der Waals surface area contributed by atoms with E-state index in [1.165, 1.54) is 53.8 Å². The van der Waals surface area contributed by atoms with Crippen molar-refractivity contribution in [3.05, 3.63) is 100 Å². The number of hydrogen-bond acceptors (Lipinski definition) is 3. The van der Waals surface area contributed by atoms with Crippen molar-refractivity contribution in [2.45, 2.75) is 56.9 Å². The zero-order valence-electron chi connectivity index (χ0n) is 19.4. The van der Waals surface area contributed by atoms with Crippen molar-refractivity contribution in [1.82, 2.24) is 4.90 Å². The average Bonchev–Trinajstić information content (AvgIpc) is 3.66. The van der Waals surface area contributed by atoms with Crippen LogP contribution in [0, 0.1) is 0 Å². The summed E-state index contributed by atoms with van der Waals surface area (Å²) < 4.78 is 0. The van der Waals surface area contributed by atoms with Gasteiger partial charge in [-0.3, -0.25) is 4.90 Å². The van der Waals surface area contributed by atoms with Crippen LogP contribution in [0.4, 0.5) is 0 Å². The summed E-state index contributed by atoms with van der Waals surface area (Å²) in [4.78, 5) is 2.62. The fraction of sp³-hybridized carbons (Fsp3) is 0.400. The summed E-state index contributed by atoms with van der Waals surface area (Å²) in [7, 11) is 0. The summed E-state index contributed by atoms with van der Waals surface area (Å²) >= 11 is 0. The molecular formula is C30H35NO2. The molecule has 0 radical (unpaired) electrons. The Bertz CT molecular complexity index is 1040. The standard InChI is InChI=1S/C30H35NO2/c32-19-5-10-29(23-6-2-1-3-7-23)30(24-8-4-9-28(33)18-15-24)25-13-11-22(12-14-25)26-20-31(21-26)27-16-17-27/h2,6-9,11-15,18,26-27,32-33H,1,3-5,10,16-17,19-21H2/b30-29-. The number of benzene rings is 1. The molecule has 3 aliphatic carbocycles. The second-order valence-electron chi connectivity index (χ2n) is 9.68. The van der Waals surface area contributed by atoms with Crippen molar-refractivity contribution < 1.29 is 10.2 Å². The molecule has 3 nitrogen and oxygen atoms in total. The van der Waals surface area contributed by atoms with Gasteiger partial charge in [-0.05, 0) is 90.5 Å². The molecule has 0 unspecified atom stereocenters. The van der Waals surface area contributed by atoms with Gasteiger partial charge in [0.2, 0.25) is 0 Å². The van der Waals surface area contributed by atoms with E-state index < -0.39 is 0 Å². The molecule has 0 spiro atoms. The third kappa shape index (κ3) is 5.15. The molecule has 5 rings (SSSR count). The van der Waals surface area contributed by atoms with Crippen LogP contribution in [0.25, 0.3) is 5.57 Å². The topological polar surface area (TPSA) is 43.7 Å². The van der Waals surface area contributed by atoms with Gasteiger partial charge in [0.1, 0.15) is 5.76 Å². The fourth-order valence-corrected chi connectivity index (χ4v) is 5.21. The largest absolute Gasteiger partial charge is 0.508 e. The summed E-state index contributed by atoms with van der Waals surface area (Å²) in [5.74, 6) is 0.970. The lowest BCUT2D eigenvalue weighted by Gasteiger charge is -2.40. The van der Waals surface area contributed by atoms with Crippen molar-refractivity contribution in [2.24, 2.45) is 0 Å². The van der Waals surface area contributed by atoms with E-state index in [0.29, 0.717) is 18.1 Å². The number of likely N-dealkylation sites (tertiary alicyclic amines) is 1. The summed E-state index contributed by atoms with van der Waals surface area (Å²) in [6.45, 7) is 2.58. The van der Waals surface area contributed by atoms with Gasteiger partial charge in [-0.15, -0.1) is 0 Å². The number of allylic oxidation sites excluding steroid dienone is 11. The number of aliphatic hydroxyl groups is 2. The highest BCUT2D eigenvalue weighted by Gasteiger charge is 2.38. The lowest BCUT2D eigenvalue weighted by molar-refractivity contribution is 0.139. The molecule has 1 aromatic rings. The third-order valence-corrected chi connectivity index (χ3v) is 7.26. The van der Waals surface area contributed by atoms with Crippen LogP contribution in [-0.4, -0.2) is 40.9 Å². The zero-order chi connectivity index (χ0) is 22.6. The summed E-state index contributed by atoms with van der Waals surface area (Å²) in [6.07, 6.45) is 21.9. The Kier molecular flexibility index (Phi) is 6.80. The first-order valence-electron chi connectivity index (χ1n) is 12.6. The summed E-state index contributed by atoms with van der Waals surface area (Å²) in [6, 6.07) is 10.1.